The molecule has 8 heteroatoms. The van der Waals surface area contributed by atoms with Gasteiger partial charge in [-0.3, -0.25) is 4.90 Å². The lowest BCUT2D eigenvalue weighted by molar-refractivity contribution is 0.228. The molecule has 0 saturated carbocycles. The van der Waals surface area contributed by atoms with Gasteiger partial charge in [-0.15, -0.1) is 0 Å². The van der Waals surface area contributed by atoms with E-state index in [0.717, 1.165) is 54.8 Å². The van der Waals surface area contributed by atoms with E-state index in [9.17, 15) is 5.11 Å². The van der Waals surface area contributed by atoms with Crippen molar-refractivity contribution >= 4 is 0 Å². The van der Waals surface area contributed by atoms with Crippen LogP contribution >= 0.6 is 0 Å². The lowest BCUT2D eigenvalue weighted by Crippen LogP contribution is -2.33. The minimum absolute atomic E-state index is 0.0268. The molecule has 4 aliphatic heterocycles. The third-order valence-corrected chi connectivity index (χ3v) is 9.21. The Morgan fingerprint density at radius 2 is 1.50 bits per heavy atom. The fraction of sp³-hybridized carbons (Fsp3) is 0.333. The number of nitrogens with one attached hydrogen (secondary N) is 1. The Hall–Kier alpha value is -4.40. The van der Waals surface area contributed by atoms with E-state index < -0.39 is 0 Å². The lowest BCUT2D eigenvalue weighted by atomic mass is 9.88. The molecule has 228 valence electrons. The number of benzene rings is 4. The molecule has 8 rings (SSSR count). The summed E-state index contributed by atoms with van der Waals surface area (Å²) in [6, 6.07) is 20.5. The molecule has 0 spiro atoms. The highest BCUT2D eigenvalue weighted by molar-refractivity contribution is 5.63. The summed E-state index contributed by atoms with van der Waals surface area (Å²) >= 11 is 0. The molecule has 0 aliphatic carbocycles. The van der Waals surface area contributed by atoms with Crippen LogP contribution in [0.5, 0.6) is 46.0 Å². The summed E-state index contributed by atoms with van der Waals surface area (Å²) in [5, 5.41) is 15.2. The summed E-state index contributed by atoms with van der Waals surface area (Å²) in [5.74, 6) is 4.02. The molecule has 4 heterocycles. The molecule has 0 aromatic heterocycles. The van der Waals surface area contributed by atoms with Crippen molar-refractivity contribution in [1.29, 1.82) is 0 Å². The van der Waals surface area contributed by atoms with Crippen molar-refractivity contribution in [2.75, 3.05) is 41.5 Å². The number of likely N-dealkylation sites (N-methyl/N-ethyl adjacent to an activating group) is 1. The minimum Gasteiger partial charge on any atom is -0.502 e. The molecule has 0 saturated heterocycles. The molecule has 4 aromatic rings. The number of rotatable bonds is 3. The van der Waals surface area contributed by atoms with Gasteiger partial charge in [-0.2, -0.15) is 0 Å². The first-order chi connectivity index (χ1) is 21.4. The molecular formula is C36H38N2O6. The largest absolute Gasteiger partial charge is 0.502 e. The van der Waals surface area contributed by atoms with Gasteiger partial charge in [0.1, 0.15) is 5.75 Å². The van der Waals surface area contributed by atoms with Crippen molar-refractivity contribution in [3.63, 3.8) is 0 Å². The highest BCUT2D eigenvalue weighted by atomic mass is 16.5. The van der Waals surface area contributed by atoms with Gasteiger partial charge in [-0.05, 0) is 110 Å². The Morgan fingerprint density at radius 1 is 0.773 bits per heavy atom. The van der Waals surface area contributed by atoms with E-state index in [1.165, 1.54) is 16.7 Å². The standard InChI is InChI=1S/C36H38N2O6/c1-38-14-12-23-18-30(41-3)32-20-26(23)28(38)16-21-5-8-25(9-6-21)43-31-17-22(7-10-29(31)40-2)15-27-34-24(11-13-37-27)19-33(42-4)35(39)36(34)44-32/h5-10,17-20,27-28,37,39H,11-16H2,1-4H3/t27-,28+/m1/s1. The number of hydrogen-bond donors (Lipinski definition) is 2. The average Bonchev–Trinajstić information content (AvgIpc) is 3.04. The first-order valence-electron chi connectivity index (χ1n) is 15.1. The van der Waals surface area contributed by atoms with Gasteiger partial charge < -0.3 is 34.1 Å². The van der Waals surface area contributed by atoms with Crippen LogP contribution in [0.2, 0.25) is 0 Å². The van der Waals surface area contributed by atoms with Gasteiger partial charge in [0, 0.05) is 24.2 Å². The van der Waals surface area contributed by atoms with Gasteiger partial charge in [0.2, 0.25) is 5.75 Å². The zero-order chi connectivity index (χ0) is 30.4. The van der Waals surface area contributed by atoms with Gasteiger partial charge in [0.15, 0.2) is 34.5 Å². The zero-order valence-electron chi connectivity index (χ0n) is 25.6. The van der Waals surface area contributed by atoms with Crippen molar-refractivity contribution in [3.8, 4) is 46.0 Å². The highest BCUT2D eigenvalue weighted by Gasteiger charge is 2.32. The van der Waals surface area contributed by atoms with Crippen LogP contribution in [0.3, 0.4) is 0 Å². The highest BCUT2D eigenvalue weighted by Crippen LogP contribution is 2.50. The van der Waals surface area contributed by atoms with E-state index in [4.69, 9.17) is 23.7 Å². The normalized spacial score (nSPS) is 19.1. The smallest absolute Gasteiger partial charge is 0.201 e. The Kier molecular flexibility index (Phi) is 7.48. The molecule has 0 fully saturated rings. The van der Waals surface area contributed by atoms with E-state index >= 15 is 0 Å². The van der Waals surface area contributed by atoms with E-state index in [0.29, 0.717) is 40.9 Å². The van der Waals surface area contributed by atoms with Crippen LogP contribution in [-0.2, 0) is 25.7 Å². The lowest BCUT2D eigenvalue weighted by Gasteiger charge is -2.35. The predicted octanol–water partition coefficient (Wildman–Crippen LogP) is 6.52. The second-order valence-electron chi connectivity index (χ2n) is 11.8. The number of aromatic hydroxyl groups is 1. The van der Waals surface area contributed by atoms with Gasteiger partial charge in [0.25, 0.3) is 0 Å². The number of ether oxygens (including phenoxy) is 5. The SMILES string of the molecule is COc1ccc2cc1Oc1ccc(cc1)C[C@H]1c3cc(c(OC)cc3CCN1C)Oc1c(O)c(OC)cc3c1[C@@H](C2)NCC3. The Labute approximate surface area is 258 Å². The number of phenols is 1. The maximum absolute atomic E-state index is 11.5. The topological polar surface area (TPSA) is 81.7 Å². The molecular weight excluding hydrogens is 556 g/mol. The predicted molar refractivity (Wildman–Crippen MR) is 168 cm³/mol. The molecule has 0 radical (unpaired) electrons. The van der Waals surface area contributed by atoms with Crippen LogP contribution in [0.4, 0.5) is 0 Å². The molecule has 2 atom stereocenters. The van der Waals surface area contributed by atoms with E-state index in [2.05, 4.69) is 47.6 Å². The van der Waals surface area contributed by atoms with Crippen LogP contribution in [-0.4, -0.2) is 51.5 Å². The van der Waals surface area contributed by atoms with Crippen molar-refractivity contribution < 1.29 is 28.8 Å². The van der Waals surface area contributed by atoms with Crippen molar-refractivity contribution in [2.45, 2.75) is 37.8 Å². The van der Waals surface area contributed by atoms with Crippen molar-refractivity contribution in [3.05, 3.63) is 94.0 Å². The molecule has 44 heavy (non-hydrogen) atoms. The molecule has 0 amide bonds. The van der Waals surface area contributed by atoms with Crippen LogP contribution in [0.15, 0.2) is 60.7 Å². The summed E-state index contributed by atoms with van der Waals surface area (Å²) in [7, 11) is 7.05. The first kappa shape index (κ1) is 28.4. The molecule has 4 aliphatic rings. The third-order valence-electron chi connectivity index (χ3n) is 9.21. The Balaban J connectivity index is 1.44. The first-order valence-corrected chi connectivity index (χ1v) is 15.1. The van der Waals surface area contributed by atoms with Gasteiger partial charge in [0.05, 0.1) is 21.3 Å². The molecule has 8 nitrogen and oxygen atoms in total. The Bertz CT molecular complexity index is 1700. The summed E-state index contributed by atoms with van der Waals surface area (Å²) in [6.07, 6.45) is 3.15. The van der Waals surface area contributed by atoms with Crippen LogP contribution in [0, 0.1) is 0 Å². The fourth-order valence-electron chi connectivity index (χ4n) is 6.85. The third kappa shape index (κ3) is 5.08. The maximum atomic E-state index is 11.5. The Morgan fingerprint density at radius 3 is 2.27 bits per heavy atom. The summed E-state index contributed by atoms with van der Waals surface area (Å²) in [6.45, 7) is 1.73. The molecule has 2 N–H and O–H groups in total. The van der Waals surface area contributed by atoms with Gasteiger partial charge >= 0.3 is 0 Å². The number of methoxy groups -OCH3 is 3. The number of fused-ring (bicyclic) bond motifs is 2. The van der Waals surface area contributed by atoms with Crippen LogP contribution in [0.1, 0.15) is 45.5 Å². The van der Waals surface area contributed by atoms with E-state index in [-0.39, 0.29) is 17.8 Å². The summed E-state index contributed by atoms with van der Waals surface area (Å²) < 4.78 is 30.3. The average molecular weight is 595 g/mol. The fourth-order valence-corrected chi connectivity index (χ4v) is 6.85. The van der Waals surface area contributed by atoms with Gasteiger partial charge in [-0.25, -0.2) is 0 Å². The van der Waals surface area contributed by atoms with Crippen molar-refractivity contribution in [1.82, 2.24) is 10.2 Å². The summed E-state index contributed by atoms with van der Waals surface area (Å²) in [5.41, 5.74) is 6.69. The maximum Gasteiger partial charge on any atom is 0.201 e. The minimum atomic E-state index is -0.132. The number of phenolic OH excluding ortho intramolecular Hbond substituents is 1. The zero-order valence-corrected chi connectivity index (χ0v) is 25.6. The molecule has 0 unspecified atom stereocenters. The molecule has 6 bridgehead atoms. The van der Waals surface area contributed by atoms with E-state index in [1.54, 1.807) is 21.3 Å². The summed E-state index contributed by atoms with van der Waals surface area (Å²) in [4.78, 5) is 2.39. The second kappa shape index (κ2) is 11.6. The molecule has 4 aromatic carbocycles. The van der Waals surface area contributed by atoms with Crippen LogP contribution < -0.4 is 29.0 Å². The number of nitrogens with zero attached hydrogens (tertiary/aromatic N) is 1. The van der Waals surface area contributed by atoms with E-state index in [1.807, 2.05) is 30.3 Å². The quantitative estimate of drug-likeness (QED) is 0.278. The van der Waals surface area contributed by atoms with Crippen LogP contribution in [0.25, 0.3) is 0 Å². The van der Waals surface area contributed by atoms with Crippen molar-refractivity contribution in [2.24, 2.45) is 0 Å². The second-order valence-corrected chi connectivity index (χ2v) is 11.8. The number of hydrogen-bond acceptors (Lipinski definition) is 8. The monoisotopic (exact) mass is 594 g/mol. The van der Waals surface area contributed by atoms with Gasteiger partial charge in [-0.1, -0.05) is 18.2 Å².